The predicted molar refractivity (Wildman–Crippen MR) is 81.8 cm³/mol. The zero-order valence-electron chi connectivity index (χ0n) is 11.5. The molecule has 1 fully saturated rings. The van der Waals surface area contributed by atoms with Crippen molar-refractivity contribution in [1.82, 2.24) is 14.4 Å². The SMILES string of the molecule is CC1CCCC(CO)(Nc2nc(Br)cn3ccnc23)C1. The molecule has 1 aliphatic carbocycles. The molecule has 2 N–H and O–H groups in total. The summed E-state index contributed by atoms with van der Waals surface area (Å²) in [5.41, 5.74) is 0.511. The molecule has 6 heteroatoms. The molecule has 5 nitrogen and oxygen atoms in total. The van der Waals surface area contributed by atoms with Crippen LogP contribution in [0.5, 0.6) is 0 Å². The Morgan fingerprint density at radius 3 is 3.20 bits per heavy atom. The Kier molecular flexibility index (Phi) is 3.69. The number of rotatable bonds is 3. The molecule has 0 aromatic carbocycles. The van der Waals surface area contributed by atoms with Crippen molar-refractivity contribution in [2.75, 3.05) is 11.9 Å². The number of hydrogen-bond donors (Lipinski definition) is 2. The molecule has 1 saturated carbocycles. The lowest BCUT2D eigenvalue weighted by Crippen LogP contribution is -2.46. The number of aromatic nitrogens is 3. The van der Waals surface area contributed by atoms with Gasteiger partial charge in [0.1, 0.15) is 4.60 Å². The molecular weight excluding hydrogens is 320 g/mol. The molecule has 0 spiro atoms. The highest BCUT2D eigenvalue weighted by Crippen LogP contribution is 2.35. The van der Waals surface area contributed by atoms with Crippen LogP contribution in [0.2, 0.25) is 0 Å². The first kappa shape index (κ1) is 13.8. The number of aliphatic hydroxyl groups is 1. The summed E-state index contributed by atoms with van der Waals surface area (Å²) in [4.78, 5) is 8.84. The Morgan fingerprint density at radius 2 is 2.45 bits per heavy atom. The quantitative estimate of drug-likeness (QED) is 0.903. The Balaban J connectivity index is 1.96. The van der Waals surface area contributed by atoms with E-state index < -0.39 is 0 Å². The van der Waals surface area contributed by atoms with E-state index in [2.05, 4.69) is 38.1 Å². The molecular formula is C14H19BrN4O. The number of halogens is 1. The molecule has 0 bridgehead atoms. The number of anilines is 1. The van der Waals surface area contributed by atoms with Crippen LogP contribution in [0, 0.1) is 5.92 Å². The van der Waals surface area contributed by atoms with Crippen molar-refractivity contribution in [3.63, 3.8) is 0 Å². The summed E-state index contributed by atoms with van der Waals surface area (Å²) < 4.78 is 2.68. The smallest absolute Gasteiger partial charge is 0.180 e. The second-order valence-electron chi connectivity index (χ2n) is 5.84. The third-order valence-corrected chi connectivity index (χ3v) is 4.50. The third kappa shape index (κ3) is 2.54. The van der Waals surface area contributed by atoms with Crippen molar-refractivity contribution in [3.05, 3.63) is 23.2 Å². The monoisotopic (exact) mass is 338 g/mol. The fourth-order valence-electron chi connectivity index (χ4n) is 3.19. The fraction of sp³-hybridized carbons (Fsp3) is 0.571. The molecule has 0 aliphatic heterocycles. The number of fused-ring (bicyclic) bond motifs is 1. The normalized spacial score (nSPS) is 26.9. The van der Waals surface area contributed by atoms with Crippen LogP contribution < -0.4 is 5.32 Å². The van der Waals surface area contributed by atoms with Crippen LogP contribution in [0.25, 0.3) is 5.65 Å². The van der Waals surface area contributed by atoms with Gasteiger partial charge in [-0.1, -0.05) is 19.8 Å². The zero-order chi connectivity index (χ0) is 14.2. The predicted octanol–water partition coefficient (Wildman–Crippen LogP) is 2.84. The number of hydrogen-bond acceptors (Lipinski definition) is 4. The van der Waals surface area contributed by atoms with Gasteiger partial charge in [-0.2, -0.15) is 0 Å². The van der Waals surface area contributed by atoms with Crippen molar-refractivity contribution in [1.29, 1.82) is 0 Å². The van der Waals surface area contributed by atoms with Crippen LogP contribution in [-0.4, -0.2) is 31.6 Å². The Bertz CT molecular complexity index is 614. The van der Waals surface area contributed by atoms with Gasteiger partial charge in [-0.15, -0.1) is 0 Å². The van der Waals surface area contributed by atoms with E-state index in [1.807, 2.05) is 16.8 Å². The van der Waals surface area contributed by atoms with Crippen LogP contribution in [-0.2, 0) is 0 Å². The summed E-state index contributed by atoms with van der Waals surface area (Å²) in [6.45, 7) is 2.36. The molecule has 2 unspecified atom stereocenters. The summed E-state index contributed by atoms with van der Waals surface area (Å²) in [5.74, 6) is 1.35. The van der Waals surface area contributed by atoms with Gasteiger partial charge in [0, 0.05) is 18.6 Å². The minimum absolute atomic E-state index is 0.123. The first-order chi connectivity index (χ1) is 9.62. The average Bonchev–Trinajstić information content (AvgIpc) is 2.87. The molecule has 3 rings (SSSR count). The maximum absolute atomic E-state index is 9.88. The van der Waals surface area contributed by atoms with E-state index in [1.54, 1.807) is 6.20 Å². The largest absolute Gasteiger partial charge is 0.394 e. The van der Waals surface area contributed by atoms with Crippen LogP contribution >= 0.6 is 15.9 Å². The van der Waals surface area contributed by atoms with Crippen molar-refractivity contribution in [3.8, 4) is 0 Å². The summed E-state index contributed by atoms with van der Waals surface area (Å²) in [7, 11) is 0. The van der Waals surface area contributed by atoms with Gasteiger partial charge in [-0.05, 0) is 34.7 Å². The lowest BCUT2D eigenvalue weighted by Gasteiger charge is -2.39. The Labute approximate surface area is 126 Å². The van der Waals surface area contributed by atoms with Gasteiger partial charge < -0.3 is 14.8 Å². The average molecular weight is 339 g/mol. The standard InChI is InChI=1S/C14H19BrN4O/c1-10-3-2-4-14(7-10,9-20)18-12-13-16-5-6-19(13)8-11(15)17-12/h5-6,8,10,20H,2-4,7,9H2,1H3,(H,17,18). The van der Waals surface area contributed by atoms with Crippen LogP contribution in [0.4, 0.5) is 5.82 Å². The molecule has 20 heavy (non-hydrogen) atoms. The van der Waals surface area contributed by atoms with Crippen molar-refractivity contribution in [2.24, 2.45) is 5.92 Å². The molecule has 0 saturated heterocycles. The molecule has 2 aromatic rings. The zero-order valence-corrected chi connectivity index (χ0v) is 13.1. The number of aliphatic hydroxyl groups excluding tert-OH is 1. The first-order valence-corrected chi connectivity index (χ1v) is 7.79. The minimum atomic E-state index is -0.280. The lowest BCUT2D eigenvalue weighted by molar-refractivity contribution is 0.149. The van der Waals surface area contributed by atoms with E-state index in [-0.39, 0.29) is 12.1 Å². The van der Waals surface area contributed by atoms with Gasteiger partial charge in [-0.25, -0.2) is 9.97 Å². The molecule has 2 atom stereocenters. The number of nitrogens with one attached hydrogen (secondary N) is 1. The Hall–Kier alpha value is -1.14. The molecule has 108 valence electrons. The van der Waals surface area contributed by atoms with Crippen LogP contribution in [0.3, 0.4) is 0 Å². The summed E-state index contributed by atoms with van der Waals surface area (Å²) in [5, 5.41) is 13.4. The molecule has 2 heterocycles. The number of nitrogens with zero attached hydrogens (tertiary/aromatic N) is 3. The third-order valence-electron chi connectivity index (χ3n) is 4.12. The van der Waals surface area contributed by atoms with Crippen molar-refractivity contribution in [2.45, 2.75) is 38.1 Å². The topological polar surface area (TPSA) is 62.5 Å². The van der Waals surface area contributed by atoms with Gasteiger partial charge in [0.15, 0.2) is 11.5 Å². The summed E-state index contributed by atoms with van der Waals surface area (Å²) in [6.07, 6.45) is 9.81. The van der Waals surface area contributed by atoms with Gasteiger partial charge in [0.2, 0.25) is 0 Å². The highest BCUT2D eigenvalue weighted by atomic mass is 79.9. The van der Waals surface area contributed by atoms with Crippen LogP contribution in [0.15, 0.2) is 23.2 Å². The maximum atomic E-state index is 9.88. The fourth-order valence-corrected chi connectivity index (χ4v) is 3.59. The molecule has 2 aromatic heterocycles. The van der Waals surface area contributed by atoms with Gasteiger partial charge in [-0.3, -0.25) is 0 Å². The van der Waals surface area contributed by atoms with Gasteiger partial charge in [0.25, 0.3) is 0 Å². The minimum Gasteiger partial charge on any atom is -0.394 e. The summed E-state index contributed by atoms with van der Waals surface area (Å²) in [6, 6.07) is 0. The van der Waals surface area contributed by atoms with Gasteiger partial charge in [0.05, 0.1) is 12.1 Å². The van der Waals surface area contributed by atoms with Crippen LogP contribution in [0.1, 0.15) is 32.6 Å². The van der Waals surface area contributed by atoms with E-state index in [4.69, 9.17) is 0 Å². The van der Waals surface area contributed by atoms with Crippen molar-refractivity contribution < 1.29 is 5.11 Å². The van der Waals surface area contributed by atoms with Crippen molar-refractivity contribution >= 4 is 27.4 Å². The highest BCUT2D eigenvalue weighted by Gasteiger charge is 2.35. The van der Waals surface area contributed by atoms with E-state index in [9.17, 15) is 5.11 Å². The van der Waals surface area contributed by atoms with Gasteiger partial charge >= 0.3 is 0 Å². The lowest BCUT2D eigenvalue weighted by atomic mass is 9.77. The highest BCUT2D eigenvalue weighted by molar-refractivity contribution is 9.10. The maximum Gasteiger partial charge on any atom is 0.180 e. The first-order valence-electron chi connectivity index (χ1n) is 7.00. The molecule has 0 amide bonds. The number of imidazole rings is 1. The van der Waals surface area contributed by atoms with E-state index in [0.29, 0.717) is 5.92 Å². The second-order valence-corrected chi connectivity index (χ2v) is 6.65. The van der Waals surface area contributed by atoms with E-state index in [1.165, 1.54) is 6.42 Å². The second kappa shape index (κ2) is 5.33. The summed E-state index contributed by atoms with van der Waals surface area (Å²) >= 11 is 3.42. The Morgan fingerprint density at radius 1 is 1.60 bits per heavy atom. The van der Waals surface area contributed by atoms with E-state index in [0.717, 1.165) is 35.3 Å². The van der Waals surface area contributed by atoms with E-state index >= 15 is 0 Å². The molecule has 1 aliphatic rings. The molecule has 0 radical (unpaired) electrons.